The molecule has 0 spiro atoms. The fourth-order valence-corrected chi connectivity index (χ4v) is 3.63. The summed E-state index contributed by atoms with van der Waals surface area (Å²) >= 11 is 0. The minimum absolute atomic E-state index is 0.202. The van der Waals surface area contributed by atoms with E-state index in [9.17, 15) is 4.79 Å². The molecule has 0 bridgehead atoms. The maximum atomic E-state index is 13.4. The third kappa shape index (κ3) is 3.08. The normalized spacial score (nSPS) is 11.1. The number of fused-ring (bicyclic) bond motifs is 2. The quantitative estimate of drug-likeness (QED) is 0.470. The SMILES string of the molecule is CCn1ncc2c(C(=O)Nc3cccc4ncccc34)cc(-c3ccccc3)nc21. The minimum atomic E-state index is -0.202. The number of rotatable bonds is 4. The van der Waals surface area contributed by atoms with Crippen LogP contribution in [0.15, 0.2) is 79.1 Å². The Labute approximate surface area is 173 Å². The Morgan fingerprint density at radius 2 is 1.87 bits per heavy atom. The second-order valence-corrected chi connectivity index (χ2v) is 6.95. The first kappa shape index (κ1) is 18.0. The number of hydrogen-bond acceptors (Lipinski definition) is 4. The molecule has 3 aromatic heterocycles. The Morgan fingerprint density at radius 3 is 2.70 bits per heavy atom. The van der Waals surface area contributed by atoms with Crippen molar-refractivity contribution in [1.29, 1.82) is 0 Å². The van der Waals surface area contributed by atoms with Gasteiger partial charge >= 0.3 is 0 Å². The predicted molar refractivity (Wildman–Crippen MR) is 118 cm³/mol. The van der Waals surface area contributed by atoms with Crippen LogP contribution in [0.5, 0.6) is 0 Å². The second-order valence-electron chi connectivity index (χ2n) is 6.95. The van der Waals surface area contributed by atoms with Gasteiger partial charge in [0.25, 0.3) is 5.91 Å². The zero-order valence-electron chi connectivity index (χ0n) is 16.4. The molecule has 6 nitrogen and oxygen atoms in total. The Morgan fingerprint density at radius 1 is 1.00 bits per heavy atom. The van der Waals surface area contributed by atoms with Gasteiger partial charge in [0.15, 0.2) is 5.65 Å². The van der Waals surface area contributed by atoms with Crippen molar-refractivity contribution in [2.45, 2.75) is 13.5 Å². The fraction of sp³-hybridized carbons (Fsp3) is 0.0833. The maximum Gasteiger partial charge on any atom is 0.256 e. The second kappa shape index (κ2) is 7.40. The van der Waals surface area contributed by atoms with Gasteiger partial charge in [0.05, 0.1) is 34.0 Å². The number of aromatic nitrogens is 4. The minimum Gasteiger partial charge on any atom is -0.321 e. The highest BCUT2D eigenvalue weighted by Crippen LogP contribution is 2.27. The van der Waals surface area contributed by atoms with Crippen molar-refractivity contribution in [2.75, 3.05) is 5.32 Å². The van der Waals surface area contributed by atoms with Crippen molar-refractivity contribution in [3.8, 4) is 11.3 Å². The van der Waals surface area contributed by atoms with Crippen LogP contribution >= 0.6 is 0 Å². The van der Waals surface area contributed by atoms with Gasteiger partial charge in [-0.15, -0.1) is 0 Å². The average molecular weight is 393 g/mol. The van der Waals surface area contributed by atoms with Crippen molar-refractivity contribution in [1.82, 2.24) is 19.7 Å². The van der Waals surface area contributed by atoms with Crippen LogP contribution in [0, 0.1) is 0 Å². The molecule has 0 saturated carbocycles. The van der Waals surface area contributed by atoms with Crippen molar-refractivity contribution in [3.05, 3.63) is 84.7 Å². The molecule has 0 saturated heterocycles. The molecule has 146 valence electrons. The highest BCUT2D eigenvalue weighted by Gasteiger charge is 2.18. The topological polar surface area (TPSA) is 72.7 Å². The summed E-state index contributed by atoms with van der Waals surface area (Å²) in [5, 5.41) is 9.09. The molecular formula is C24H19N5O. The summed E-state index contributed by atoms with van der Waals surface area (Å²) in [6, 6.07) is 21.2. The molecule has 5 rings (SSSR count). The van der Waals surface area contributed by atoms with Gasteiger partial charge in [-0.05, 0) is 37.3 Å². The number of amides is 1. The summed E-state index contributed by atoms with van der Waals surface area (Å²) in [5.74, 6) is -0.202. The first-order chi connectivity index (χ1) is 14.7. The standard InChI is InChI=1S/C24H19N5O/c1-2-29-23-19(15-26-29)18(14-22(27-23)16-8-4-3-5-9-16)24(30)28-21-12-6-11-20-17(21)10-7-13-25-20/h3-15H,2H2,1H3,(H,28,30). The Kier molecular flexibility index (Phi) is 4.44. The van der Waals surface area contributed by atoms with Crippen LogP contribution in [0.4, 0.5) is 5.69 Å². The van der Waals surface area contributed by atoms with Gasteiger partial charge in [0.1, 0.15) is 0 Å². The highest BCUT2D eigenvalue weighted by atomic mass is 16.1. The third-order valence-electron chi connectivity index (χ3n) is 5.12. The first-order valence-electron chi connectivity index (χ1n) is 9.81. The lowest BCUT2D eigenvalue weighted by Gasteiger charge is -2.11. The molecule has 0 fully saturated rings. The fourth-order valence-electron chi connectivity index (χ4n) is 3.63. The van der Waals surface area contributed by atoms with E-state index in [1.54, 1.807) is 17.1 Å². The van der Waals surface area contributed by atoms with Gasteiger partial charge in [-0.1, -0.05) is 36.4 Å². The molecule has 30 heavy (non-hydrogen) atoms. The number of carbonyl (C=O) groups excluding carboxylic acids is 1. The van der Waals surface area contributed by atoms with Crippen LogP contribution in [0.2, 0.25) is 0 Å². The molecule has 3 heterocycles. The van der Waals surface area contributed by atoms with Crippen LogP contribution in [0.25, 0.3) is 33.2 Å². The summed E-state index contributed by atoms with van der Waals surface area (Å²) in [7, 11) is 0. The zero-order valence-corrected chi connectivity index (χ0v) is 16.4. The van der Waals surface area contributed by atoms with Gasteiger partial charge < -0.3 is 5.32 Å². The summed E-state index contributed by atoms with van der Waals surface area (Å²) in [6.45, 7) is 2.68. The summed E-state index contributed by atoms with van der Waals surface area (Å²) in [4.78, 5) is 22.5. The summed E-state index contributed by atoms with van der Waals surface area (Å²) in [6.07, 6.45) is 3.45. The lowest BCUT2D eigenvalue weighted by atomic mass is 10.1. The molecule has 0 aliphatic heterocycles. The number of hydrogen-bond donors (Lipinski definition) is 1. The molecule has 2 aromatic carbocycles. The average Bonchev–Trinajstić information content (AvgIpc) is 3.22. The van der Waals surface area contributed by atoms with E-state index in [1.165, 1.54) is 0 Å². The number of carbonyl (C=O) groups is 1. The van der Waals surface area contributed by atoms with Crippen LogP contribution in [-0.2, 0) is 6.54 Å². The molecule has 0 unspecified atom stereocenters. The van der Waals surface area contributed by atoms with E-state index in [-0.39, 0.29) is 5.91 Å². The predicted octanol–water partition coefficient (Wildman–Crippen LogP) is 4.92. The van der Waals surface area contributed by atoms with E-state index in [1.807, 2.05) is 73.7 Å². The van der Waals surface area contributed by atoms with E-state index >= 15 is 0 Å². The Bertz CT molecular complexity index is 1370. The Hall–Kier alpha value is -4.06. The molecule has 1 N–H and O–H groups in total. The summed E-state index contributed by atoms with van der Waals surface area (Å²) < 4.78 is 1.81. The molecule has 0 aliphatic carbocycles. The molecular weight excluding hydrogens is 374 g/mol. The molecule has 1 amide bonds. The molecule has 0 atom stereocenters. The van der Waals surface area contributed by atoms with E-state index in [2.05, 4.69) is 15.4 Å². The number of aryl methyl sites for hydroxylation is 1. The van der Waals surface area contributed by atoms with Crippen LogP contribution in [0.3, 0.4) is 0 Å². The largest absolute Gasteiger partial charge is 0.321 e. The lowest BCUT2D eigenvalue weighted by Crippen LogP contribution is -2.13. The molecule has 0 radical (unpaired) electrons. The number of anilines is 1. The van der Waals surface area contributed by atoms with E-state index < -0.39 is 0 Å². The monoisotopic (exact) mass is 393 g/mol. The van der Waals surface area contributed by atoms with Gasteiger partial charge in [-0.25, -0.2) is 9.67 Å². The Balaban J connectivity index is 1.64. The van der Waals surface area contributed by atoms with E-state index in [0.717, 1.165) is 33.2 Å². The van der Waals surface area contributed by atoms with E-state index in [0.29, 0.717) is 17.8 Å². The van der Waals surface area contributed by atoms with Gasteiger partial charge in [0, 0.05) is 23.7 Å². The third-order valence-corrected chi connectivity index (χ3v) is 5.12. The van der Waals surface area contributed by atoms with Gasteiger partial charge in [0.2, 0.25) is 0 Å². The molecule has 0 aliphatic rings. The van der Waals surface area contributed by atoms with Crippen molar-refractivity contribution in [3.63, 3.8) is 0 Å². The van der Waals surface area contributed by atoms with Crippen molar-refractivity contribution < 1.29 is 4.79 Å². The van der Waals surface area contributed by atoms with E-state index in [4.69, 9.17) is 4.98 Å². The summed E-state index contributed by atoms with van der Waals surface area (Å²) in [5.41, 5.74) is 4.48. The number of nitrogens with one attached hydrogen (secondary N) is 1. The maximum absolute atomic E-state index is 13.4. The lowest BCUT2D eigenvalue weighted by molar-refractivity contribution is 0.102. The van der Waals surface area contributed by atoms with Crippen LogP contribution in [-0.4, -0.2) is 25.7 Å². The smallest absolute Gasteiger partial charge is 0.256 e. The molecule has 6 heteroatoms. The highest BCUT2D eigenvalue weighted by molar-refractivity contribution is 6.14. The first-order valence-corrected chi connectivity index (χ1v) is 9.81. The van der Waals surface area contributed by atoms with Gasteiger partial charge in [-0.3, -0.25) is 9.78 Å². The number of pyridine rings is 2. The van der Waals surface area contributed by atoms with Crippen molar-refractivity contribution >= 4 is 33.5 Å². The zero-order chi connectivity index (χ0) is 20.5. The van der Waals surface area contributed by atoms with Crippen molar-refractivity contribution in [2.24, 2.45) is 0 Å². The van der Waals surface area contributed by atoms with Crippen LogP contribution < -0.4 is 5.32 Å². The molecule has 5 aromatic rings. The number of nitrogens with zero attached hydrogens (tertiary/aromatic N) is 4. The van der Waals surface area contributed by atoms with Gasteiger partial charge in [-0.2, -0.15) is 5.10 Å². The van der Waals surface area contributed by atoms with Crippen LogP contribution in [0.1, 0.15) is 17.3 Å². The number of benzene rings is 2.